The summed E-state index contributed by atoms with van der Waals surface area (Å²) in [5, 5.41) is 11.9. The molecule has 1 aliphatic heterocycles. The lowest BCUT2D eigenvalue weighted by atomic mass is 9.77. The SMILES string of the molecule is CC1CN(C(=O)Nc2ccc(Cl)cc2F)c2ccc(-c3ccc(C4CCC(CC(=O)O)CC4)cc3)cc2O1. The molecule has 1 aliphatic carbocycles. The third kappa shape index (κ3) is 5.78. The number of carboxylic acid groups (broad SMARTS) is 1. The molecule has 8 heteroatoms. The van der Waals surface area contributed by atoms with Crippen LogP contribution in [0.4, 0.5) is 20.6 Å². The number of fused-ring (bicyclic) bond motifs is 1. The van der Waals surface area contributed by atoms with Crippen LogP contribution in [0.1, 0.15) is 50.5 Å². The van der Waals surface area contributed by atoms with Crippen molar-refractivity contribution in [3.8, 4) is 16.9 Å². The Labute approximate surface area is 226 Å². The minimum atomic E-state index is -0.708. The monoisotopic (exact) mass is 536 g/mol. The summed E-state index contributed by atoms with van der Waals surface area (Å²) in [5.74, 6) is 0.0286. The largest absolute Gasteiger partial charge is 0.487 e. The lowest BCUT2D eigenvalue weighted by molar-refractivity contribution is -0.138. The average molecular weight is 537 g/mol. The van der Waals surface area contributed by atoms with E-state index < -0.39 is 17.8 Å². The number of ether oxygens (including phenoxy) is 1. The van der Waals surface area contributed by atoms with E-state index in [-0.39, 0.29) is 29.2 Å². The third-order valence-electron chi connectivity index (χ3n) is 7.46. The predicted octanol–water partition coefficient (Wildman–Crippen LogP) is 7.71. The summed E-state index contributed by atoms with van der Waals surface area (Å²) < 4.78 is 20.3. The minimum absolute atomic E-state index is 0.0622. The molecule has 2 aliphatic rings. The highest BCUT2D eigenvalue weighted by molar-refractivity contribution is 6.30. The van der Waals surface area contributed by atoms with E-state index in [0.717, 1.165) is 42.9 Å². The van der Waals surface area contributed by atoms with Gasteiger partial charge in [0.05, 0.1) is 17.9 Å². The summed E-state index contributed by atoms with van der Waals surface area (Å²) in [7, 11) is 0. The zero-order valence-electron chi connectivity index (χ0n) is 21.1. The molecule has 198 valence electrons. The first kappa shape index (κ1) is 26.0. The first-order chi connectivity index (χ1) is 18.3. The normalized spacial score (nSPS) is 20.8. The van der Waals surface area contributed by atoms with E-state index in [1.54, 1.807) is 4.90 Å². The van der Waals surface area contributed by atoms with Gasteiger partial charge in [-0.25, -0.2) is 9.18 Å². The van der Waals surface area contributed by atoms with E-state index in [9.17, 15) is 14.0 Å². The number of anilines is 2. The molecule has 1 unspecified atom stereocenters. The van der Waals surface area contributed by atoms with Crippen molar-refractivity contribution < 1.29 is 23.8 Å². The van der Waals surface area contributed by atoms with Crippen LogP contribution < -0.4 is 15.0 Å². The average Bonchev–Trinajstić information content (AvgIpc) is 2.89. The molecule has 0 bridgehead atoms. The van der Waals surface area contributed by atoms with Crippen molar-refractivity contribution in [2.24, 2.45) is 5.92 Å². The van der Waals surface area contributed by atoms with Crippen LogP contribution >= 0.6 is 11.6 Å². The third-order valence-corrected chi connectivity index (χ3v) is 7.70. The molecule has 1 atom stereocenters. The Morgan fingerprint density at radius 3 is 2.42 bits per heavy atom. The zero-order valence-corrected chi connectivity index (χ0v) is 21.9. The number of halogens is 2. The maximum Gasteiger partial charge on any atom is 0.326 e. The number of benzene rings is 3. The first-order valence-corrected chi connectivity index (χ1v) is 13.3. The van der Waals surface area contributed by atoms with Gasteiger partial charge in [-0.3, -0.25) is 9.69 Å². The number of rotatable bonds is 5. The maximum atomic E-state index is 14.2. The number of amides is 2. The molecule has 0 aromatic heterocycles. The molecule has 2 amide bonds. The molecular formula is C30H30ClFN2O4. The van der Waals surface area contributed by atoms with Gasteiger partial charge in [0.1, 0.15) is 17.7 Å². The van der Waals surface area contributed by atoms with E-state index in [1.807, 2.05) is 25.1 Å². The molecule has 0 radical (unpaired) electrons. The van der Waals surface area contributed by atoms with Gasteiger partial charge < -0.3 is 15.2 Å². The fourth-order valence-electron chi connectivity index (χ4n) is 5.48. The first-order valence-electron chi connectivity index (χ1n) is 12.9. The summed E-state index contributed by atoms with van der Waals surface area (Å²) in [6.07, 6.45) is 3.96. The number of nitrogens with one attached hydrogen (secondary N) is 1. The van der Waals surface area contributed by atoms with Gasteiger partial charge in [0.25, 0.3) is 0 Å². The van der Waals surface area contributed by atoms with Gasteiger partial charge in [0.15, 0.2) is 0 Å². The highest BCUT2D eigenvalue weighted by atomic mass is 35.5. The van der Waals surface area contributed by atoms with Crippen LogP contribution in [0.25, 0.3) is 11.1 Å². The van der Waals surface area contributed by atoms with Crippen LogP contribution in [0.15, 0.2) is 60.7 Å². The molecule has 0 saturated heterocycles. The van der Waals surface area contributed by atoms with E-state index in [4.69, 9.17) is 21.4 Å². The fourth-order valence-corrected chi connectivity index (χ4v) is 5.64. The number of carbonyl (C=O) groups is 2. The minimum Gasteiger partial charge on any atom is -0.487 e. The predicted molar refractivity (Wildman–Crippen MR) is 147 cm³/mol. The standard InChI is InChI=1S/C30H30ClFN2O4/c1-18-17-34(30(37)33-26-12-11-24(31)16-25(26)32)27-13-10-23(15-28(27)38-18)22-8-6-21(7-9-22)20-4-2-19(3-5-20)14-29(35)36/h6-13,15-16,18-20H,2-5,14,17H2,1H3,(H,33,37)(H,35,36). The summed E-state index contributed by atoms with van der Waals surface area (Å²) in [6.45, 7) is 2.22. The molecular weight excluding hydrogens is 507 g/mol. The van der Waals surface area contributed by atoms with Crippen LogP contribution in [0.2, 0.25) is 5.02 Å². The maximum absolute atomic E-state index is 14.2. The van der Waals surface area contributed by atoms with Crippen LogP contribution in [-0.2, 0) is 4.79 Å². The summed E-state index contributed by atoms with van der Waals surface area (Å²) in [4.78, 5) is 25.6. The molecule has 6 nitrogen and oxygen atoms in total. The quantitative estimate of drug-likeness (QED) is 0.350. The molecule has 5 rings (SSSR count). The number of hydrogen-bond acceptors (Lipinski definition) is 3. The van der Waals surface area contributed by atoms with Crippen molar-refractivity contribution >= 4 is 35.0 Å². The molecule has 3 aromatic carbocycles. The molecule has 1 heterocycles. The van der Waals surface area contributed by atoms with Gasteiger partial charge in [0, 0.05) is 11.4 Å². The summed E-state index contributed by atoms with van der Waals surface area (Å²) in [6, 6.07) is 17.9. The second-order valence-corrected chi connectivity index (χ2v) is 10.6. The van der Waals surface area contributed by atoms with E-state index in [2.05, 4.69) is 29.6 Å². The summed E-state index contributed by atoms with van der Waals surface area (Å²) >= 11 is 5.82. The van der Waals surface area contributed by atoms with Gasteiger partial charge in [0.2, 0.25) is 0 Å². The van der Waals surface area contributed by atoms with Crippen LogP contribution in [0.5, 0.6) is 5.75 Å². The Balaban J connectivity index is 1.30. The Bertz CT molecular complexity index is 1340. The number of aliphatic carboxylic acids is 1. The highest BCUT2D eigenvalue weighted by Crippen LogP contribution is 2.40. The number of urea groups is 1. The summed E-state index contributed by atoms with van der Waals surface area (Å²) in [5.41, 5.74) is 3.97. The van der Waals surface area contributed by atoms with Crippen LogP contribution in [0.3, 0.4) is 0 Å². The van der Waals surface area contributed by atoms with Crippen LogP contribution in [-0.4, -0.2) is 29.8 Å². The van der Waals surface area contributed by atoms with Gasteiger partial charge in [-0.05, 0) is 91.5 Å². The Morgan fingerprint density at radius 2 is 1.74 bits per heavy atom. The van der Waals surface area contributed by atoms with Gasteiger partial charge in [-0.1, -0.05) is 41.9 Å². The molecule has 1 saturated carbocycles. The lowest BCUT2D eigenvalue weighted by Crippen LogP contribution is -2.44. The molecule has 2 N–H and O–H groups in total. The second kappa shape index (κ2) is 11.0. The lowest BCUT2D eigenvalue weighted by Gasteiger charge is -2.33. The van der Waals surface area contributed by atoms with Crippen molar-refractivity contribution in [3.05, 3.63) is 77.1 Å². The second-order valence-electron chi connectivity index (χ2n) is 10.2. The van der Waals surface area contributed by atoms with E-state index >= 15 is 0 Å². The van der Waals surface area contributed by atoms with Crippen molar-refractivity contribution in [2.45, 2.75) is 51.0 Å². The highest BCUT2D eigenvalue weighted by Gasteiger charge is 2.29. The van der Waals surface area contributed by atoms with Crippen molar-refractivity contribution in [1.29, 1.82) is 0 Å². The molecule has 0 spiro atoms. The van der Waals surface area contributed by atoms with Gasteiger partial charge >= 0.3 is 12.0 Å². The van der Waals surface area contributed by atoms with E-state index in [0.29, 0.717) is 23.9 Å². The van der Waals surface area contributed by atoms with Crippen LogP contribution in [0, 0.1) is 11.7 Å². The number of carbonyl (C=O) groups excluding carboxylic acids is 1. The Hall–Kier alpha value is -3.58. The van der Waals surface area contributed by atoms with Crippen molar-refractivity contribution in [2.75, 3.05) is 16.8 Å². The van der Waals surface area contributed by atoms with Gasteiger partial charge in [-0.2, -0.15) is 0 Å². The number of carboxylic acids is 1. The van der Waals surface area contributed by atoms with Crippen molar-refractivity contribution in [1.82, 2.24) is 0 Å². The number of hydrogen-bond donors (Lipinski definition) is 2. The van der Waals surface area contributed by atoms with E-state index in [1.165, 1.54) is 17.7 Å². The number of nitrogens with zero attached hydrogens (tertiary/aromatic N) is 1. The fraction of sp³-hybridized carbons (Fsp3) is 0.333. The molecule has 3 aromatic rings. The zero-order chi connectivity index (χ0) is 26.8. The topological polar surface area (TPSA) is 78.9 Å². The smallest absolute Gasteiger partial charge is 0.326 e. The molecule has 38 heavy (non-hydrogen) atoms. The molecule has 1 fully saturated rings. The Kier molecular flexibility index (Phi) is 7.56. The Morgan fingerprint density at radius 1 is 1.03 bits per heavy atom. The van der Waals surface area contributed by atoms with Crippen molar-refractivity contribution in [3.63, 3.8) is 0 Å². The van der Waals surface area contributed by atoms with Gasteiger partial charge in [-0.15, -0.1) is 0 Å².